The smallest absolute Gasteiger partial charge is 0.357 e. The van der Waals surface area contributed by atoms with Gasteiger partial charge in [0.15, 0.2) is 28.2 Å². The number of nitrogens with one attached hydrogen (secondary N) is 1. The molecule has 1 aliphatic heterocycles. The zero-order valence-electron chi connectivity index (χ0n) is 25.9. The Morgan fingerprint density at radius 1 is 1.23 bits per heavy atom. The summed E-state index contributed by atoms with van der Waals surface area (Å²) in [6.07, 6.45) is 2.82. The third-order valence-electron chi connectivity index (χ3n) is 6.96. The van der Waals surface area contributed by atoms with Gasteiger partial charge in [-0.25, -0.2) is 14.2 Å². The maximum absolute atomic E-state index is 14.7. The fraction of sp³-hybridized carbons (Fsp3) is 0.455. The van der Waals surface area contributed by atoms with E-state index in [-0.39, 0.29) is 24.2 Å². The van der Waals surface area contributed by atoms with Gasteiger partial charge in [0.05, 0.1) is 40.1 Å². The SMILES string of the molecule is COC(=O)c1nc(NCCC2CCOC(C)(C)O2)sc1CCCOc1ccc(C#CCN(C)c2ccc(OC)cc2)cc1F. The highest BCUT2D eigenvalue weighted by molar-refractivity contribution is 7.15. The number of halogens is 1. The van der Waals surface area contributed by atoms with Gasteiger partial charge in [0.2, 0.25) is 0 Å². The summed E-state index contributed by atoms with van der Waals surface area (Å²) in [7, 11) is 4.91. The Hall–Kier alpha value is -3.85. The lowest BCUT2D eigenvalue weighted by molar-refractivity contribution is -0.273. The van der Waals surface area contributed by atoms with Crippen LogP contribution in [0.2, 0.25) is 0 Å². The molecule has 0 aliphatic carbocycles. The van der Waals surface area contributed by atoms with Crippen LogP contribution in [0.25, 0.3) is 0 Å². The molecule has 1 unspecified atom stereocenters. The minimum absolute atomic E-state index is 0.0937. The number of benzene rings is 2. The molecular weight excluding hydrogens is 585 g/mol. The van der Waals surface area contributed by atoms with E-state index < -0.39 is 17.6 Å². The molecular formula is C33H40FN3O6S. The van der Waals surface area contributed by atoms with Gasteiger partial charge >= 0.3 is 5.97 Å². The maximum Gasteiger partial charge on any atom is 0.357 e. The quantitative estimate of drug-likeness (QED) is 0.141. The average molecular weight is 626 g/mol. The molecule has 0 amide bonds. The highest BCUT2D eigenvalue weighted by Crippen LogP contribution is 2.27. The van der Waals surface area contributed by atoms with Crippen LogP contribution in [0.15, 0.2) is 42.5 Å². The van der Waals surface area contributed by atoms with Crippen molar-refractivity contribution in [3.05, 3.63) is 64.4 Å². The van der Waals surface area contributed by atoms with Crippen LogP contribution < -0.4 is 19.7 Å². The van der Waals surface area contributed by atoms with Crippen LogP contribution in [0.3, 0.4) is 0 Å². The first-order valence-corrected chi connectivity index (χ1v) is 15.4. The minimum Gasteiger partial charge on any atom is -0.497 e. The van der Waals surface area contributed by atoms with E-state index in [1.807, 2.05) is 50.1 Å². The molecule has 4 rings (SSSR count). The van der Waals surface area contributed by atoms with E-state index in [4.69, 9.17) is 23.7 Å². The molecule has 0 spiro atoms. The molecule has 1 N–H and O–H groups in total. The molecule has 1 atom stereocenters. The molecule has 3 aromatic rings. The predicted molar refractivity (Wildman–Crippen MR) is 169 cm³/mol. The lowest BCUT2D eigenvalue weighted by Gasteiger charge is -2.36. The molecule has 1 fully saturated rings. The number of nitrogens with zero attached hydrogens (tertiary/aromatic N) is 2. The Labute approximate surface area is 262 Å². The van der Waals surface area contributed by atoms with Crippen molar-refractivity contribution < 1.29 is 32.9 Å². The summed E-state index contributed by atoms with van der Waals surface area (Å²) in [6.45, 7) is 5.90. The zero-order valence-corrected chi connectivity index (χ0v) is 26.7. The van der Waals surface area contributed by atoms with Gasteiger partial charge in [-0.15, -0.1) is 11.3 Å². The number of carbonyl (C=O) groups excluding carboxylic acids is 1. The van der Waals surface area contributed by atoms with Crippen LogP contribution in [-0.4, -0.2) is 70.4 Å². The van der Waals surface area contributed by atoms with Gasteiger partial charge in [0.1, 0.15) is 5.75 Å². The summed E-state index contributed by atoms with van der Waals surface area (Å²) in [5, 5.41) is 3.94. The molecule has 11 heteroatoms. The fourth-order valence-corrected chi connectivity index (χ4v) is 5.64. The standard InChI is InChI=1S/C33H40FN3O6S/c1-33(2)42-21-17-26(43-33)16-18-35-32-36-30(31(38)40-5)29(44-32)9-7-20-41-28-15-10-23(22-27(28)34)8-6-19-37(3)24-11-13-25(39-4)14-12-24/h10-15,22,26H,7,9,16-21H2,1-5H3,(H,35,36). The number of carbonyl (C=O) groups is 1. The topological polar surface area (TPSA) is 91.4 Å². The summed E-state index contributed by atoms with van der Waals surface area (Å²) < 4.78 is 42.1. The Balaban J connectivity index is 1.24. The maximum atomic E-state index is 14.7. The van der Waals surface area contributed by atoms with Crippen molar-refractivity contribution in [2.45, 2.75) is 51.4 Å². The first-order valence-electron chi connectivity index (χ1n) is 14.6. The average Bonchev–Trinajstić information content (AvgIpc) is 3.42. The van der Waals surface area contributed by atoms with Crippen molar-refractivity contribution in [1.29, 1.82) is 0 Å². The van der Waals surface area contributed by atoms with Crippen molar-refractivity contribution in [1.82, 2.24) is 4.98 Å². The fourth-order valence-electron chi connectivity index (χ4n) is 4.63. The van der Waals surface area contributed by atoms with Gasteiger partial charge in [-0.05, 0) is 82.0 Å². The number of ether oxygens (including phenoxy) is 5. The predicted octanol–water partition coefficient (Wildman–Crippen LogP) is 5.92. The van der Waals surface area contributed by atoms with E-state index in [2.05, 4.69) is 22.1 Å². The molecule has 0 radical (unpaired) electrons. The monoisotopic (exact) mass is 625 g/mol. The van der Waals surface area contributed by atoms with E-state index in [0.717, 1.165) is 29.2 Å². The molecule has 1 aromatic heterocycles. The number of hydrogen-bond acceptors (Lipinski definition) is 10. The second kappa shape index (κ2) is 15.7. The van der Waals surface area contributed by atoms with Gasteiger partial charge in [-0.3, -0.25) is 0 Å². The van der Waals surface area contributed by atoms with Gasteiger partial charge in [-0.2, -0.15) is 0 Å². The number of thiazole rings is 1. The van der Waals surface area contributed by atoms with Crippen molar-refractivity contribution in [2.24, 2.45) is 0 Å². The normalized spacial score (nSPS) is 15.5. The molecule has 2 aromatic carbocycles. The Morgan fingerprint density at radius 3 is 2.73 bits per heavy atom. The third kappa shape index (κ3) is 9.58. The number of aromatic nitrogens is 1. The number of esters is 1. The van der Waals surface area contributed by atoms with Crippen LogP contribution in [-0.2, 0) is 20.6 Å². The summed E-state index contributed by atoms with van der Waals surface area (Å²) in [5.41, 5.74) is 1.86. The number of hydrogen-bond donors (Lipinski definition) is 1. The second-order valence-corrected chi connectivity index (χ2v) is 11.8. The first-order chi connectivity index (χ1) is 21.2. The van der Waals surface area contributed by atoms with E-state index in [9.17, 15) is 9.18 Å². The lowest BCUT2D eigenvalue weighted by atomic mass is 10.1. The van der Waals surface area contributed by atoms with Crippen LogP contribution in [0.5, 0.6) is 11.5 Å². The Morgan fingerprint density at radius 2 is 2.02 bits per heavy atom. The van der Waals surface area contributed by atoms with Crippen molar-refractivity contribution in [2.75, 3.05) is 57.8 Å². The third-order valence-corrected chi connectivity index (χ3v) is 8.03. The molecule has 0 bridgehead atoms. The molecule has 2 heterocycles. The van der Waals surface area contributed by atoms with Crippen LogP contribution >= 0.6 is 11.3 Å². The van der Waals surface area contributed by atoms with Crippen molar-refractivity contribution in [3.8, 4) is 23.3 Å². The number of methoxy groups -OCH3 is 2. The zero-order chi connectivity index (χ0) is 31.5. The lowest BCUT2D eigenvalue weighted by Crippen LogP contribution is -2.40. The number of anilines is 2. The highest BCUT2D eigenvalue weighted by Gasteiger charge is 2.29. The summed E-state index contributed by atoms with van der Waals surface area (Å²) in [4.78, 5) is 19.6. The largest absolute Gasteiger partial charge is 0.497 e. The summed E-state index contributed by atoms with van der Waals surface area (Å²) in [6, 6.07) is 12.4. The molecule has 0 saturated carbocycles. The first kappa shape index (κ1) is 33.1. The molecule has 44 heavy (non-hydrogen) atoms. The van der Waals surface area contributed by atoms with Gasteiger partial charge in [0.25, 0.3) is 0 Å². The van der Waals surface area contributed by atoms with E-state index in [1.54, 1.807) is 19.2 Å². The minimum atomic E-state index is -0.577. The highest BCUT2D eigenvalue weighted by atomic mass is 32.1. The van der Waals surface area contributed by atoms with Gasteiger partial charge in [0, 0.05) is 29.7 Å². The van der Waals surface area contributed by atoms with Gasteiger partial charge in [-0.1, -0.05) is 11.8 Å². The van der Waals surface area contributed by atoms with Gasteiger partial charge < -0.3 is 33.9 Å². The number of rotatable bonds is 13. The molecule has 1 aliphatic rings. The number of aryl methyl sites for hydroxylation is 1. The van der Waals surface area contributed by atoms with E-state index in [1.165, 1.54) is 24.5 Å². The summed E-state index contributed by atoms with van der Waals surface area (Å²) in [5.74, 6) is 5.49. The Kier molecular flexibility index (Phi) is 11.8. The van der Waals surface area contributed by atoms with E-state index in [0.29, 0.717) is 43.2 Å². The Bertz CT molecular complexity index is 1450. The molecule has 236 valence electrons. The second-order valence-electron chi connectivity index (χ2n) is 10.7. The van der Waals surface area contributed by atoms with E-state index >= 15 is 0 Å². The van der Waals surface area contributed by atoms with Crippen molar-refractivity contribution in [3.63, 3.8) is 0 Å². The van der Waals surface area contributed by atoms with Crippen LogP contribution in [0.4, 0.5) is 15.2 Å². The van der Waals surface area contributed by atoms with Crippen LogP contribution in [0.1, 0.15) is 54.0 Å². The van der Waals surface area contributed by atoms with Crippen LogP contribution in [0, 0.1) is 17.7 Å². The molecule has 9 nitrogen and oxygen atoms in total. The summed E-state index contributed by atoms with van der Waals surface area (Å²) >= 11 is 1.41. The molecule has 1 saturated heterocycles. The van der Waals surface area contributed by atoms with Crippen molar-refractivity contribution >= 4 is 28.1 Å².